The number of thiocarbonyl (C=S) groups is 1. The number of amides is 1. The van der Waals surface area contributed by atoms with Crippen LogP contribution in [-0.4, -0.2) is 49.5 Å². The lowest BCUT2D eigenvalue weighted by molar-refractivity contribution is -0.384. The van der Waals surface area contributed by atoms with Crippen molar-refractivity contribution in [2.75, 3.05) is 13.1 Å². The van der Waals surface area contributed by atoms with Gasteiger partial charge in [0.05, 0.1) is 17.7 Å². The Morgan fingerprint density at radius 2 is 1.85 bits per heavy atom. The van der Waals surface area contributed by atoms with E-state index in [0.717, 1.165) is 24.1 Å². The molecule has 0 aliphatic rings. The van der Waals surface area contributed by atoms with E-state index in [1.807, 2.05) is 23.6 Å². The molecule has 4 rings (SSSR count). The van der Waals surface area contributed by atoms with Crippen molar-refractivity contribution in [3.8, 4) is 0 Å². The lowest BCUT2D eigenvalue weighted by atomic mass is 10.0. The van der Waals surface area contributed by atoms with E-state index < -0.39 is 4.92 Å². The summed E-state index contributed by atoms with van der Waals surface area (Å²) in [5, 5.41) is 20.5. The van der Waals surface area contributed by atoms with Gasteiger partial charge in [-0.1, -0.05) is 67.9 Å². The molecule has 0 aliphatic heterocycles. The van der Waals surface area contributed by atoms with Crippen LogP contribution in [0.15, 0.2) is 79.3 Å². The fraction of sp³-hybridized carbons (Fsp3) is 0.323. The Hall–Kier alpha value is -4.31. The molecular weight excluding hydrogens is 536 g/mol. The standard InChI is InChI=1S/C31H36N6O3S/c1-3-8-26(21-35(31(41)33-4-2)20-25-11-7-10-24-9-5-6-12-29(24)25)34-30(38)17-28-18-32-22-36(28)19-23-13-15-27(16-14-23)37(39)40/h5-7,9-16,18,22,26H,3-4,8,17,19-21H2,1-2H3,(H,33,41)(H,34,38)/t26-/m0/s1. The first-order chi connectivity index (χ1) is 19.9. The van der Waals surface area contributed by atoms with Gasteiger partial charge in [-0.25, -0.2) is 4.98 Å². The highest BCUT2D eigenvalue weighted by atomic mass is 32.1. The van der Waals surface area contributed by atoms with Crippen molar-refractivity contribution >= 4 is 39.7 Å². The number of carbonyl (C=O) groups excluding carboxylic acids is 1. The first-order valence-electron chi connectivity index (χ1n) is 13.9. The van der Waals surface area contributed by atoms with Gasteiger partial charge < -0.3 is 20.1 Å². The minimum atomic E-state index is -0.419. The number of nitrogens with zero attached hydrogens (tertiary/aromatic N) is 4. The van der Waals surface area contributed by atoms with Gasteiger partial charge in [0.2, 0.25) is 5.91 Å². The van der Waals surface area contributed by atoms with Gasteiger partial charge in [-0.05, 0) is 47.5 Å². The lowest BCUT2D eigenvalue weighted by Gasteiger charge is -2.31. The molecule has 9 nitrogen and oxygen atoms in total. The number of rotatable bonds is 13. The number of non-ortho nitro benzene ring substituents is 1. The summed E-state index contributed by atoms with van der Waals surface area (Å²) < 4.78 is 1.89. The molecule has 10 heteroatoms. The normalized spacial score (nSPS) is 11.7. The monoisotopic (exact) mass is 572 g/mol. The molecule has 1 heterocycles. The average Bonchev–Trinajstić information content (AvgIpc) is 3.39. The minimum absolute atomic E-state index is 0.0454. The molecule has 0 aliphatic carbocycles. The SMILES string of the molecule is CCC[C@@H](CN(Cc1cccc2ccccc12)C(=S)NCC)NC(=O)Cc1cncn1Cc1ccc([N+](=O)[O-])cc1. The smallest absolute Gasteiger partial charge is 0.269 e. The largest absolute Gasteiger partial charge is 0.363 e. The van der Waals surface area contributed by atoms with Crippen molar-refractivity contribution in [1.29, 1.82) is 0 Å². The summed E-state index contributed by atoms with van der Waals surface area (Å²) in [7, 11) is 0. The molecule has 0 fully saturated rings. The van der Waals surface area contributed by atoms with Crippen LogP contribution in [0.25, 0.3) is 10.8 Å². The number of hydrogen-bond acceptors (Lipinski definition) is 5. The first-order valence-corrected chi connectivity index (χ1v) is 14.3. The second-order valence-corrected chi connectivity index (χ2v) is 10.4. The number of aromatic nitrogens is 2. The van der Waals surface area contributed by atoms with E-state index in [4.69, 9.17) is 12.2 Å². The summed E-state index contributed by atoms with van der Waals surface area (Å²) in [6.45, 7) is 6.52. The van der Waals surface area contributed by atoms with Gasteiger partial charge in [0.25, 0.3) is 5.69 Å². The Morgan fingerprint density at radius 1 is 1.10 bits per heavy atom. The summed E-state index contributed by atoms with van der Waals surface area (Å²) in [4.78, 5) is 30.1. The quantitative estimate of drug-likeness (QED) is 0.129. The lowest BCUT2D eigenvalue weighted by Crippen LogP contribution is -2.48. The maximum Gasteiger partial charge on any atom is 0.269 e. The third kappa shape index (κ3) is 8.11. The molecule has 214 valence electrons. The third-order valence-electron chi connectivity index (χ3n) is 6.94. The molecule has 4 aromatic rings. The molecule has 1 amide bonds. The molecule has 0 spiro atoms. The molecule has 1 aromatic heterocycles. The van der Waals surface area contributed by atoms with Crippen molar-refractivity contribution in [3.05, 3.63) is 106 Å². The first kappa shape index (κ1) is 29.7. The Morgan fingerprint density at radius 3 is 2.59 bits per heavy atom. The molecule has 0 unspecified atom stereocenters. The molecule has 0 saturated carbocycles. The van der Waals surface area contributed by atoms with Gasteiger partial charge in [-0.15, -0.1) is 0 Å². The minimum Gasteiger partial charge on any atom is -0.363 e. The third-order valence-corrected chi connectivity index (χ3v) is 7.34. The topological polar surface area (TPSA) is 105 Å². The number of nitro benzene ring substituents is 1. The van der Waals surface area contributed by atoms with E-state index in [-0.39, 0.29) is 24.1 Å². The summed E-state index contributed by atoms with van der Waals surface area (Å²) in [5.74, 6) is -0.0895. The number of benzene rings is 3. The molecule has 1 atom stereocenters. The van der Waals surface area contributed by atoms with Gasteiger partial charge in [-0.2, -0.15) is 0 Å². The predicted octanol–water partition coefficient (Wildman–Crippen LogP) is 5.22. The van der Waals surface area contributed by atoms with Crippen molar-refractivity contribution < 1.29 is 9.72 Å². The molecule has 2 N–H and O–H groups in total. The zero-order valence-corrected chi connectivity index (χ0v) is 24.3. The van der Waals surface area contributed by atoms with Crippen molar-refractivity contribution in [2.45, 2.75) is 52.2 Å². The van der Waals surface area contributed by atoms with Crippen LogP contribution >= 0.6 is 12.2 Å². The van der Waals surface area contributed by atoms with Crippen LogP contribution in [0.1, 0.15) is 43.5 Å². The Labute approximate surface area is 245 Å². The molecule has 0 radical (unpaired) electrons. The highest BCUT2D eigenvalue weighted by Crippen LogP contribution is 2.21. The summed E-state index contributed by atoms with van der Waals surface area (Å²) in [5.41, 5.74) is 2.89. The van der Waals surface area contributed by atoms with Gasteiger partial charge >= 0.3 is 0 Å². The van der Waals surface area contributed by atoms with E-state index in [1.165, 1.54) is 28.5 Å². The van der Waals surface area contributed by atoms with Crippen molar-refractivity contribution in [2.24, 2.45) is 0 Å². The van der Waals surface area contributed by atoms with E-state index >= 15 is 0 Å². The molecule has 41 heavy (non-hydrogen) atoms. The second-order valence-electron chi connectivity index (χ2n) is 10.0. The zero-order valence-electron chi connectivity index (χ0n) is 23.5. The summed E-state index contributed by atoms with van der Waals surface area (Å²) in [6, 6.07) is 20.9. The van der Waals surface area contributed by atoms with E-state index in [1.54, 1.807) is 24.7 Å². The van der Waals surface area contributed by atoms with Gasteiger partial charge in [0.15, 0.2) is 5.11 Å². The van der Waals surface area contributed by atoms with Gasteiger partial charge in [0, 0.05) is 56.2 Å². The molecule has 0 saturated heterocycles. The number of nitro groups is 1. The van der Waals surface area contributed by atoms with E-state index in [0.29, 0.717) is 31.3 Å². The number of hydrogen-bond donors (Lipinski definition) is 2. The molecule has 3 aromatic carbocycles. The number of fused-ring (bicyclic) bond motifs is 1. The zero-order chi connectivity index (χ0) is 29.2. The number of imidazole rings is 1. The molecule has 0 bridgehead atoms. The van der Waals surface area contributed by atoms with Crippen LogP contribution in [0.2, 0.25) is 0 Å². The fourth-order valence-electron chi connectivity index (χ4n) is 4.94. The van der Waals surface area contributed by atoms with Crippen LogP contribution < -0.4 is 10.6 Å². The van der Waals surface area contributed by atoms with Gasteiger partial charge in [0.1, 0.15) is 0 Å². The average molecular weight is 573 g/mol. The van der Waals surface area contributed by atoms with Crippen LogP contribution in [0.4, 0.5) is 5.69 Å². The second kappa shape index (κ2) is 14.4. The summed E-state index contributed by atoms with van der Waals surface area (Å²) in [6.07, 6.45) is 5.27. The molecular formula is C31H36N6O3S. The number of carbonyl (C=O) groups is 1. The highest BCUT2D eigenvalue weighted by molar-refractivity contribution is 7.80. The maximum atomic E-state index is 13.2. The van der Waals surface area contributed by atoms with Crippen LogP contribution in [-0.2, 0) is 24.3 Å². The van der Waals surface area contributed by atoms with E-state index in [2.05, 4.69) is 57.8 Å². The fourth-order valence-corrected chi connectivity index (χ4v) is 5.23. The predicted molar refractivity (Wildman–Crippen MR) is 166 cm³/mol. The van der Waals surface area contributed by atoms with E-state index in [9.17, 15) is 14.9 Å². The Balaban J connectivity index is 1.44. The van der Waals surface area contributed by atoms with Gasteiger partial charge in [-0.3, -0.25) is 14.9 Å². The highest BCUT2D eigenvalue weighted by Gasteiger charge is 2.20. The maximum absolute atomic E-state index is 13.2. The van der Waals surface area contributed by atoms with Crippen LogP contribution in [0, 0.1) is 10.1 Å². The van der Waals surface area contributed by atoms with Crippen molar-refractivity contribution in [3.63, 3.8) is 0 Å². The van der Waals surface area contributed by atoms with Crippen molar-refractivity contribution in [1.82, 2.24) is 25.1 Å². The Bertz CT molecular complexity index is 1480. The number of nitrogens with one attached hydrogen (secondary N) is 2. The van der Waals surface area contributed by atoms with Crippen LogP contribution in [0.5, 0.6) is 0 Å². The van der Waals surface area contributed by atoms with Crippen LogP contribution in [0.3, 0.4) is 0 Å². The summed E-state index contributed by atoms with van der Waals surface area (Å²) >= 11 is 5.76. The Kier molecular flexibility index (Phi) is 10.4.